The van der Waals surface area contributed by atoms with E-state index in [1.54, 1.807) is 24.3 Å². The number of hydrogen-bond donors (Lipinski definition) is 3. The van der Waals surface area contributed by atoms with E-state index in [-0.39, 0.29) is 18.8 Å². The third-order valence-corrected chi connectivity index (χ3v) is 4.71. The molecule has 12 heteroatoms. The Hall–Kier alpha value is -3.05. The predicted molar refractivity (Wildman–Crippen MR) is 104 cm³/mol. The second-order valence-electron chi connectivity index (χ2n) is 6.60. The quantitative estimate of drug-likeness (QED) is 0.572. The molecule has 4 amide bonds. The largest absolute Gasteiger partial charge is 0.419 e. The molecule has 0 aliphatic carbocycles. The molecule has 1 aliphatic rings. The summed E-state index contributed by atoms with van der Waals surface area (Å²) in [5, 5.41) is 14.7. The van der Waals surface area contributed by atoms with Crippen molar-refractivity contribution in [2.24, 2.45) is 0 Å². The van der Waals surface area contributed by atoms with Crippen LogP contribution in [0.5, 0.6) is 0 Å². The van der Waals surface area contributed by atoms with Gasteiger partial charge in [-0.1, -0.05) is 23.7 Å². The van der Waals surface area contributed by atoms with Crippen LogP contribution in [0.15, 0.2) is 42.5 Å². The summed E-state index contributed by atoms with van der Waals surface area (Å²) in [5.74, 6) is -1.50. The van der Waals surface area contributed by atoms with Crippen molar-refractivity contribution in [2.45, 2.75) is 19.0 Å². The second kappa shape index (κ2) is 8.98. The van der Waals surface area contributed by atoms with Gasteiger partial charge in [0.1, 0.15) is 5.82 Å². The van der Waals surface area contributed by atoms with E-state index in [0.29, 0.717) is 22.7 Å². The number of amides is 4. The first-order chi connectivity index (χ1) is 14.6. The lowest BCUT2D eigenvalue weighted by Crippen LogP contribution is -2.67. The fourth-order valence-electron chi connectivity index (χ4n) is 2.97. The molecule has 2 aromatic rings. The van der Waals surface area contributed by atoms with Crippen LogP contribution in [-0.4, -0.2) is 46.4 Å². The van der Waals surface area contributed by atoms with E-state index >= 15 is 0 Å². The van der Waals surface area contributed by atoms with Gasteiger partial charge in [-0.05, 0) is 35.9 Å². The number of carbonyl (C=O) groups is 2. The van der Waals surface area contributed by atoms with Crippen molar-refractivity contribution in [1.29, 1.82) is 0 Å². The number of halogens is 5. The number of urea groups is 2. The Labute approximate surface area is 179 Å². The Morgan fingerprint density at radius 1 is 1.13 bits per heavy atom. The van der Waals surface area contributed by atoms with Gasteiger partial charge in [-0.2, -0.15) is 13.2 Å². The van der Waals surface area contributed by atoms with Crippen molar-refractivity contribution >= 4 is 29.4 Å². The summed E-state index contributed by atoms with van der Waals surface area (Å²) in [6, 6.07) is 7.10. The molecule has 1 fully saturated rings. The first-order valence-electron chi connectivity index (χ1n) is 8.97. The van der Waals surface area contributed by atoms with E-state index < -0.39 is 42.5 Å². The number of benzene rings is 2. The molecule has 2 aromatic carbocycles. The van der Waals surface area contributed by atoms with Gasteiger partial charge in [-0.25, -0.2) is 18.9 Å². The van der Waals surface area contributed by atoms with Crippen molar-refractivity contribution in [3.8, 4) is 0 Å². The Balaban J connectivity index is 1.88. The van der Waals surface area contributed by atoms with Gasteiger partial charge in [0.25, 0.3) is 0 Å². The summed E-state index contributed by atoms with van der Waals surface area (Å²) in [5.41, 5.74) is -0.877. The highest BCUT2D eigenvalue weighted by Crippen LogP contribution is 2.32. The minimum Gasteiger partial charge on any atom is -0.395 e. The van der Waals surface area contributed by atoms with E-state index in [0.717, 1.165) is 11.0 Å². The number of hydrogen-bond acceptors (Lipinski definition) is 4. The average molecular weight is 461 g/mol. The molecule has 166 valence electrons. The molecule has 1 atom stereocenters. The van der Waals surface area contributed by atoms with Gasteiger partial charge >= 0.3 is 18.2 Å². The fourth-order valence-corrected chi connectivity index (χ4v) is 3.10. The molecule has 0 saturated carbocycles. The molecule has 1 heterocycles. The predicted octanol–water partition coefficient (Wildman–Crippen LogP) is 3.83. The Morgan fingerprint density at radius 2 is 1.81 bits per heavy atom. The van der Waals surface area contributed by atoms with Crippen LogP contribution in [0.1, 0.15) is 11.1 Å². The van der Waals surface area contributed by atoms with Crippen molar-refractivity contribution in [1.82, 2.24) is 15.1 Å². The van der Waals surface area contributed by atoms with E-state index in [1.807, 2.05) is 0 Å². The van der Waals surface area contributed by atoms with Crippen molar-refractivity contribution in [2.75, 3.05) is 18.5 Å². The lowest BCUT2D eigenvalue weighted by Gasteiger charge is -2.41. The number of nitrogens with zero attached hydrogens (tertiary/aromatic N) is 2. The molecule has 0 bridgehead atoms. The van der Waals surface area contributed by atoms with Crippen molar-refractivity contribution < 1.29 is 32.3 Å². The van der Waals surface area contributed by atoms with Gasteiger partial charge in [0.2, 0.25) is 0 Å². The van der Waals surface area contributed by atoms with Crippen LogP contribution in [0.4, 0.5) is 32.8 Å². The van der Waals surface area contributed by atoms with Crippen LogP contribution in [-0.2, 0) is 12.7 Å². The lowest BCUT2D eigenvalue weighted by molar-refractivity contribution is -0.139. The summed E-state index contributed by atoms with van der Waals surface area (Å²) >= 11 is 5.86. The molecule has 1 unspecified atom stereocenters. The molecule has 7 nitrogen and oxygen atoms in total. The monoisotopic (exact) mass is 460 g/mol. The molecule has 0 aromatic heterocycles. The molecule has 0 spiro atoms. The van der Waals surface area contributed by atoms with Crippen LogP contribution in [0.2, 0.25) is 5.02 Å². The lowest BCUT2D eigenvalue weighted by atomic mass is 10.2. The van der Waals surface area contributed by atoms with Gasteiger partial charge in [-0.3, -0.25) is 10.2 Å². The number of aliphatic hydroxyl groups is 1. The molecular weight excluding hydrogens is 444 g/mol. The Morgan fingerprint density at radius 3 is 2.39 bits per heavy atom. The zero-order valence-corrected chi connectivity index (χ0v) is 16.5. The molecule has 1 saturated heterocycles. The van der Waals surface area contributed by atoms with Crippen LogP contribution < -0.4 is 10.6 Å². The normalized spacial score (nSPS) is 17.0. The smallest absolute Gasteiger partial charge is 0.395 e. The molecule has 3 N–H and O–H groups in total. The average Bonchev–Trinajstić information content (AvgIpc) is 2.68. The fraction of sp³-hybridized carbons (Fsp3) is 0.263. The number of nitrogens with one attached hydrogen (secondary N) is 2. The third kappa shape index (κ3) is 5.17. The highest BCUT2D eigenvalue weighted by molar-refractivity contribution is 6.30. The third-order valence-electron chi connectivity index (χ3n) is 4.46. The standard InChI is InChI=1S/C19H17ClF4N4O3/c20-12-3-1-11(2-4-12)10-28-16(26-17(30)27(7-8-29)18(28)31)25-13-5-6-14(15(21)9-13)19(22,23)24/h1-6,9,16,25,29H,7-8,10H2,(H,26,30). The van der Waals surface area contributed by atoms with Crippen molar-refractivity contribution in [3.05, 3.63) is 64.4 Å². The van der Waals surface area contributed by atoms with Gasteiger partial charge in [0, 0.05) is 10.7 Å². The van der Waals surface area contributed by atoms with Crippen LogP contribution in [0.25, 0.3) is 0 Å². The molecule has 1 aliphatic heterocycles. The van der Waals surface area contributed by atoms with E-state index in [2.05, 4.69) is 10.6 Å². The number of imide groups is 1. The summed E-state index contributed by atoms with van der Waals surface area (Å²) in [6.07, 6.45) is -6.05. The number of carbonyl (C=O) groups excluding carboxylic acids is 2. The summed E-state index contributed by atoms with van der Waals surface area (Å²) in [6.45, 7) is -0.738. The summed E-state index contributed by atoms with van der Waals surface area (Å²) in [4.78, 5) is 27.1. The number of anilines is 1. The van der Waals surface area contributed by atoms with E-state index in [4.69, 9.17) is 16.7 Å². The number of β-amino-alcohol motifs (C(OH)–C–C–N with tert-alkyl or cyclic N) is 1. The molecular formula is C19H17ClF4N4O3. The SMILES string of the molecule is O=C1NC(Nc2ccc(C(F)(F)F)c(F)c2)N(Cc2ccc(Cl)cc2)C(=O)N1CCO. The van der Waals surface area contributed by atoms with Gasteiger partial charge in [0.05, 0.1) is 25.3 Å². The zero-order chi connectivity index (χ0) is 22.8. The van der Waals surface area contributed by atoms with Crippen LogP contribution >= 0.6 is 11.6 Å². The van der Waals surface area contributed by atoms with Gasteiger partial charge < -0.3 is 10.4 Å². The number of rotatable bonds is 6. The van der Waals surface area contributed by atoms with E-state index in [9.17, 15) is 27.2 Å². The Kier molecular flexibility index (Phi) is 6.56. The van der Waals surface area contributed by atoms with Gasteiger partial charge in [0.15, 0.2) is 6.29 Å². The first-order valence-corrected chi connectivity index (χ1v) is 9.35. The number of aliphatic hydroxyl groups excluding tert-OH is 1. The Bertz CT molecular complexity index is 972. The summed E-state index contributed by atoms with van der Waals surface area (Å²) < 4.78 is 52.3. The minimum atomic E-state index is -4.86. The molecule has 0 radical (unpaired) electrons. The zero-order valence-electron chi connectivity index (χ0n) is 15.8. The maximum absolute atomic E-state index is 13.9. The molecule has 31 heavy (non-hydrogen) atoms. The highest BCUT2D eigenvalue weighted by Gasteiger charge is 2.39. The first kappa shape index (κ1) is 22.6. The maximum Gasteiger partial charge on any atom is 0.419 e. The number of alkyl halides is 3. The topological polar surface area (TPSA) is 84.9 Å². The second-order valence-corrected chi connectivity index (χ2v) is 7.04. The summed E-state index contributed by atoms with van der Waals surface area (Å²) in [7, 11) is 0. The van der Waals surface area contributed by atoms with Crippen molar-refractivity contribution in [3.63, 3.8) is 0 Å². The van der Waals surface area contributed by atoms with Crippen LogP contribution in [0.3, 0.4) is 0 Å². The molecule has 3 rings (SSSR count). The minimum absolute atomic E-state index is 0.0149. The highest BCUT2D eigenvalue weighted by atomic mass is 35.5. The van der Waals surface area contributed by atoms with Gasteiger partial charge in [-0.15, -0.1) is 0 Å². The van der Waals surface area contributed by atoms with Crippen LogP contribution in [0, 0.1) is 5.82 Å². The maximum atomic E-state index is 13.9. The van der Waals surface area contributed by atoms with E-state index in [1.165, 1.54) is 4.90 Å².